The molecule has 0 aliphatic carbocycles. The first kappa shape index (κ1) is 12.7. The lowest BCUT2D eigenvalue weighted by atomic mass is 10.3. The van der Waals surface area contributed by atoms with Crippen molar-refractivity contribution in [1.29, 1.82) is 0 Å². The molecule has 0 atom stereocenters. The van der Waals surface area contributed by atoms with E-state index in [9.17, 15) is 0 Å². The van der Waals surface area contributed by atoms with Gasteiger partial charge in [-0.15, -0.1) is 0 Å². The van der Waals surface area contributed by atoms with Gasteiger partial charge in [-0.05, 0) is 59.7 Å². The highest BCUT2D eigenvalue weighted by atomic mass is 127. The molecule has 3 nitrogen and oxygen atoms in total. The molecule has 0 radical (unpaired) electrons. The number of nitrogens with zero attached hydrogens (tertiary/aromatic N) is 2. The number of anilines is 1. The first-order chi connectivity index (χ1) is 9.31. The van der Waals surface area contributed by atoms with Crippen molar-refractivity contribution in [3.63, 3.8) is 0 Å². The number of rotatable bonds is 3. The second-order valence-electron chi connectivity index (χ2n) is 4.61. The zero-order valence-electron chi connectivity index (χ0n) is 10.6. The van der Waals surface area contributed by atoms with Crippen LogP contribution in [0, 0.1) is 3.57 Å². The van der Waals surface area contributed by atoms with Crippen LogP contribution in [-0.4, -0.2) is 19.3 Å². The van der Waals surface area contributed by atoms with Crippen LogP contribution in [0.1, 0.15) is 18.6 Å². The topological polar surface area (TPSA) is 28.7 Å². The second kappa shape index (κ2) is 5.77. The number of hydrogen-bond acceptors (Lipinski definition) is 3. The highest BCUT2D eigenvalue weighted by molar-refractivity contribution is 14.1. The zero-order valence-corrected chi connectivity index (χ0v) is 12.7. The van der Waals surface area contributed by atoms with Gasteiger partial charge in [0.25, 0.3) is 0 Å². The second-order valence-corrected chi connectivity index (χ2v) is 5.85. The van der Waals surface area contributed by atoms with Gasteiger partial charge in [0.15, 0.2) is 5.88 Å². The SMILES string of the molecule is Ic1cccc(N=Cc2ccc(N3CCCC3)o2)c1. The van der Waals surface area contributed by atoms with Gasteiger partial charge in [0, 0.05) is 22.7 Å². The molecule has 0 spiro atoms. The highest BCUT2D eigenvalue weighted by Gasteiger charge is 2.14. The molecule has 1 aliphatic heterocycles. The van der Waals surface area contributed by atoms with Gasteiger partial charge in [-0.1, -0.05) is 6.07 Å². The van der Waals surface area contributed by atoms with Crippen molar-refractivity contribution in [1.82, 2.24) is 0 Å². The third kappa shape index (κ3) is 3.18. The summed E-state index contributed by atoms with van der Waals surface area (Å²) >= 11 is 2.29. The van der Waals surface area contributed by atoms with Crippen LogP contribution in [0.2, 0.25) is 0 Å². The normalized spacial score (nSPS) is 15.5. The summed E-state index contributed by atoms with van der Waals surface area (Å²) in [6, 6.07) is 12.1. The van der Waals surface area contributed by atoms with E-state index in [-0.39, 0.29) is 0 Å². The molecule has 0 unspecified atom stereocenters. The molecule has 1 saturated heterocycles. The molecule has 2 heterocycles. The van der Waals surface area contributed by atoms with Gasteiger partial charge >= 0.3 is 0 Å². The van der Waals surface area contributed by atoms with Crippen molar-refractivity contribution in [3.05, 3.63) is 45.7 Å². The van der Waals surface area contributed by atoms with E-state index < -0.39 is 0 Å². The number of aliphatic imine (C=N–C) groups is 1. The van der Waals surface area contributed by atoms with E-state index >= 15 is 0 Å². The van der Waals surface area contributed by atoms with E-state index in [1.165, 1.54) is 16.4 Å². The van der Waals surface area contributed by atoms with E-state index in [2.05, 4.69) is 38.5 Å². The lowest BCUT2D eigenvalue weighted by Crippen LogP contribution is -2.16. The Labute approximate surface area is 126 Å². The molecule has 0 amide bonds. The summed E-state index contributed by atoms with van der Waals surface area (Å²) in [5.74, 6) is 1.77. The standard InChI is InChI=1S/C15H15IN2O/c16-12-4-3-5-13(10-12)17-11-14-6-7-15(19-14)18-8-1-2-9-18/h3-7,10-11H,1-2,8-9H2. The predicted octanol–water partition coefficient (Wildman–Crippen LogP) is 4.24. The van der Waals surface area contributed by atoms with Gasteiger partial charge in [-0.3, -0.25) is 4.99 Å². The Balaban J connectivity index is 1.73. The Bertz CT molecular complexity index is 585. The summed E-state index contributed by atoms with van der Waals surface area (Å²) in [7, 11) is 0. The van der Waals surface area contributed by atoms with Crippen molar-refractivity contribution in [2.45, 2.75) is 12.8 Å². The maximum atomic E-state index is 5.79. The molecule has 1 aromatic carbocycles. The summed E-state index contributed by atoms with van der Waals surface area (Å²) in [5.41, 5.74) is 0.950. The molecular weight excluding hydrogens is 351 g/mol. The van der Waals surface area contributed by atoms with Crippen LogP contribution in [0.15, 0.2) is 45.8 Å². The summed E-state index contributed by atoms with van der Waals surface area (Å²) in [5, 5.41) is 0. The molecule has 0 saturated carbocycles. The van der Waals surface area contributed by atoms with Crippen LogP contribution in [-0.2, 0) is 0 Å². The third-order valence-electron chi connectivity index (χ3n) is 3.18. The van der Waals surface area contributed by atoms with Crippen LogP contribution < -0.4 is 4.90 Å². The quantitative estimate of drug-likeness (QED) is 0.601. The maximum Gasteiger partial charge on any atom is 0.196 e. The average Bonchev–Trinajstić information content (AvgIpc) is 3.07. The molecule has 1 aliphatic rings. The summed E-state index contributed by atoms with van der Waals surface area (Å²) in [6.07, 6.45) is 4.30. The Morgan fingerprint density at radius 1 is 1.16 bits per heavy atom. The fraction of sp³-hybridized carbons (Fsp3) is 0.267. The summed E-state index contributed by atoms with van der Waals surface area (Å²) < 4.78 is 6.98. The van der Waals surface area contributed by atoms with Gasteiger partial charge in [-0.25, -0.2) is 0 Å². The molecule has 3 rings (SSSR count). The molecule has 0 bridgehead atoms. The number of furan rings is 1. The Kier molecular flexibility index (Phi) is 3.87. The van der Waals surface area contributed by atoms with Crippen LogP contribution in [0.5, 0.6) is 0 Å². The lowest BCUT2D eigenvalue weighted by Gasteiger charge is -2.12. The largest absolute Gasteiger partial charge is 0.440 e. The van der Waals surface area contributed by atoms with E-state index in [4.69, 9.17) is 4.42 Å². The zero-order chi connectivity index (χ0) is 13.1. The fourth-order valence-corrected chi connectivity index (χ4v) is 2.74. The Morgan fingerprint density at radius 3 is 2.79 bits per heavy atom. The molecule has 0 N–H and O–H groups in total. The minimum atomic E-state index is 0.806. The third-order valence-corrected chi connectivity index (χ3v) is 3.85. The molecule has 4 heteroatoms. The monoisotopic (exact) mass is 366 g/mol. The van der Waals surface area contributed by atoms with Crippen molar-refractivity contribution < 1.29 is 4.42 Å². The molecule has 1 aromatic heterocycles. The smallest absolute Gasteiger partial charge is 0.196 e. The number of halogens is 1. The van der Waals surface area contributed by atoms with Crippen LogP contribution in [0.25, 0.3) is 0 Å². The average molecular weight is 366 g/mol. The minimum Gasteiger partial charge on any atom is -0.440 e. The van der Waals surface area contributed by atoms with E-state index in [0.29, 0.717) is 0 Å². The van der Waals surface area contributed by atoms with Gasteiger partial charge in [0.1, 0.15) is 5.76 Å². The fourth-order valence-electron chi connectivity index (χ4n) is 2.21. The van der Waals surface area contributed by atoms with Crippen molar-refractivity contribution in [3.8, 4) is 0 Å². The molecular formula is C15H15IN2O. The van der Waals surface area contributed by atoms with Crippen LogP contribution >= 0.6 is 22.6 Å². The van der Waals surface area contributed by atoms with Gasteiger partial charge in [0.2, 0.25) is 0 Å². The lowest BCUT2D eigenvalue weighted by molar-refractivity contribution is 0.550. The van der Waals surface area contributed by atoms with Gasteiger partial charge in [0.05, 0.1) is 11.9 Å². The van der Waals surface area contributed by atoms with Crippen molar-refractivity contribution in [2.75, 3.05) is 18.0 Å². The van der Waals surface area contributed by atoms with E-state index in [1.807, 2.05) is 30.3 Å². The number of benzene rings is 1. The predicted molar refractivity (Wildman–Crippen MR) is 86.6 cm³/mol. The molecule has 19 heavy (non-hydrogen) atoms. The summed E-state index contributed by atoms with van der Waals surface area (Å²) in [4.78, 5) is 6.72. The van der Waals surface area contributed by atoms with E-state index in [0.717, 1.165) is 30.4 Å². The summed E-state index contributed by atoms with van der Waals surface area (Å²) in [6.45, 7) is 2.20. The first-order valence-corrected chi connectivity index (χ1v) is 7.53. The highest BCUT2D eigenvalue weighted by Crippen LogP contribution is 2.22. The van der Waals surface area contributed by atoms with Gasteiger partial charge < -0.3 is 9.32 Å². The Hall–Kier alpha value is -1.30. The number of hydrogen-bond donors (Lipinski definition) is 0. The molecule has 98 valence electrons. The Morgan fingerprint density at radius 2 is 2.00 bits per heavy atom. The van der Waals surface area contributed by atoms with Gasteiger partial charge in [-0.2, -0.15) is 0 Å². The minimum absolute atomic E-state index is 0.806. The maximum absolute atomic E-state index is 5.79. The molecule has 1 fully saturated rings. The van der Waals surface area contributed by atoms with Crippen LogP contribution in [0.4, 0.5) is 11.6 Å². The van der Waals surface area contributed by atoms with Crippen LogP contribution in [0.3, 0.4) is 0 Å². The van der Waals surface area contributed by atoms with Crippen molar-refractivity contribution >= 4 is 40.4 Å². The molecule has 2 aromatic rings. The van der Waals surface area contributed by atoms with Crippen molar-refractivity contribution in [2.24, 2.45) is 4.99 Å². The first-order valence-electron chi connectivity index (χ1n) is 6.46. The van der Waals surface area contributed by atoms with E-state index in [1.54, 1.807) is 6.21 Å².